The average Bonchev–Trinajstić information content (AvgIpc) is 0.764. The van der Waals surface area contributed by atoms with Gasteiger partial charge in [-0.2, -0.15) is 0 Å². The third-order valence-electron chi connectivity index (χ3n) is 23.2. The second-order valence-electron chi connectivity index (χ2n) is 31.5. The summed E-state index contributed by atoms with van der Waals surface area (Å²) >= 11 is 3.86. The van der Waals surface area contributed by atoms with Crippen molar-refractivity contribution in [3.63, 3.8) is 0 Å². The van der Waals surface area contributed by atoms with Gasteiger partial charge in [-0.3, -0.25) is 9.59 Å². The van der Waals surface area contributed by atoms with Crippen molar-refractivity contribution in [3.8, 4) is 0 Å². The Labute approximate surface area is 571 Å². The Balaban J connectivity index is 1.03. The topological polar surface area (TPSA) is 59.1 Å². The van der Waals surface area contributed by atoms with Crippen molar-refractivity contribution in [2.45, 2.75) is 167 Å². The molecule has 2 fully saturated rings. The fraction of sp³-hybridized carbons (Fsp3) is 0.494. The Morgan fingerprint density at radius 3 is 1.29 bits per heavy atom. The highest BCUT2D eigenvalue weighted by Gasteiger charge is 2.57. The molecule has 2 saturated carbocycles. The van der Waals surface area contributed by atoms with Crippen LogP contribution < -0.4 is 30.5 Å². The normalized spacial score (nSPS) is 28.0. The number of allylic oxidation sites excluding steroid dienone is 4. The van der Waals surface area contributed by atoms with Crippen LogP contribution in [-0.2, 0) is 18.4 Å². The molecule has 11 rings (SSSR count). The van der Waals surface area contributed by atoms with Crippen LogP contribution in [0.2, 0.25) is 10.1 Å². The summed E-state index contributed by atoms with van der Waals surface area (Å²) in [5.74, 6) is 4.79. The standard InChI is InChI=1S/C83H108N2O4S2Si2/c1-55(2)66-44-45-90-78-42-30-28-40-76(78)84(14)80(86)59(7)67-50-60(88-92(82(8,9)10,62-32-20-16-21-33-62)63-34-22-17-23-35-63)51-73-69(67)47-58(6)49-71(73)75(56(3)4)54-91-79-43-31-29-41-77(79)85(15)81(87)74-53-61(52-72-68(66)46-57(5)48-70(72)74)89-93(83(11,12)13,64-36-24-18-25-37-64)65-38-26-19-27-39-65/h16-43,47-48,55-56,59-61,66-75H,44-46,49-54H2,1-15H3/t59-,60-,61+,66-,67+,68+,69-,70+,71-,72-,73+,74-,75-/m1/s1. The van der Waals surface area contributed by atoms with Crippen LogP contribution in [0.4, 0.5) is 11.4 Å². The molecule has 0 unspecified atom stereocenters. The lowest BCUT2D eigenvalue weighted by atomic mass is 9.56. The summed E-state index contributed by atoms with van der Waals surface area (Å²) < 4.78 is 16.5. The number of hydrogen-bond acceptors (Lipinski definition) is 6. The Hall–Kier alpha value is -5.21. The van der Waals surface area contributed by atoms with Crippen molar-refractivity contribution in [1.29, 1.82) is 0 Å². The van der Waals surface area contributed by atoms with Gasteiger partial charge in [0, 0.05) is 53.7 Å². The van der Waals surface area contributed by atoms with Gasteiger partial charge in [-0.05, 0) is 185 Å². The van der Waals surface area contributed by atoms with Gasteiger partial charge in [-0.1, -0.05) is 245 Å². The number of hydrogen-bond donors (Lipinski definition) is 0. The van der Waals surface area contributed by atoms with Gasteiger partial charge < -0.3 is 18.7 Å². The molecule has 6 aromatic carbocycles. The van der Waals surface area contributed by atoms with Gasteiger partial charge in [0.1, 0.15) is 0 Å². The predicted molar refractivity (Wildman–Crippen MR) is 400 cm³/mol. The molecule has 0 aromatic heterocycles. The lowest BCUT2D eigenvalue weighted by Crippen LogP contribution is -2.68. The number of rotatable bonds is 10. The molecule has 0 spiro atoms. The summed E-state index contributed by atoms with van der Waals surface area (Å²) in [6, 6.07) is 62.0. The van der Waals surface area contributed by atoms with E-state index in [1.54, 1.807) is 0 Å². The maximum atomic E-state index is 16.4. The van der Waals surface area contributed by atoms with Crippen LogP contribution in [0.1, 0.15) is 135 Å². The number of benzene rings is 6. The van der Waals surface area contributed by atoms with Gasteiger partial charge in [0.05, 0.1) is 11.4 Å². The average molecular weight is 1320 g/mol. The Kier molecular flexibility index (Phi) is 21.5. The number of nitrogens with zero attached hydrogens (tertiary/aromatic N) is 2. The molecular weight excluding hydrogens is 1210 g/mol. The monoisotopic (exact) mass is 1320 g/mol. The maximum Gasteiger partial charge on any atom is 0.261 e. The first-order valence-electron chi connectivity index (χ1n) is 35.3. The number of carbonyl (C=O) groups excluding carboxylic acids is 2. The second kappa shape index (κ2) is 28.9. The first kappa shape index (κ1) is 69.2. The van der Waals surface area contributed by atoms with E-state index in [1.165, 1.54) is 31.9 Å². The molecule has 0 N–H and O–H groups in total. The lowest BCUT2D eigenvalue weighted by Gasteiger charge is -2.53. The Morgan fingerprint density at radius 1 is 0.462 bits per heavy atom. The Morgan fingerprint density at radius 2 is 0.839 bits per heavy atom. The molecule has 1 aliphatic heterocycles. The summed E-state index contributed by atoms with van der Waals surface area (Å²) in [6.07, 6.45) is 11.3. The zero-order valence-electron chi connectivity index (χ0n) is 58.7. The van der Waals surface area contributed by atoms with Crippen molar-refractivity contribution in [1.82, 2.24) is 0 Å². The second-order valence-corrected chi connectivity index (χ2v) is 42.3. The summed E-state index contributed by atoms with van der Waals surface area (Å²) in [7, 11) is -1.90. The third kappa shape index (κ3) is 13.9. The van der Waals surface area contributed by atoms with E-state index < -0.39 is 16.6 Å². The predicted octanol–water partition coefficient (Wildman–Crippen LogP) is 18.2. The van der Waals surface area contributed by atoms with Gasteiger partial charge in [0.2, 0.25) is 11.8 Å². The van der Waals surface area contributed by atoms with E-state index >= 15 is 9.59 Å². The van der Waals surface area contributed by atoms with E-state index in [0.29, 0.717) is 47.8 Å². The van der Waals surface area contributed by atoms with Crippen LogP contribution >= 0.6 is 23.5 Å². The molecule has 1 heterocycles. The van der Waals surface area contributed by atoms with E-state index in [0.717, 1.165) is 71.2 Å². The van der Waals surface area contributed by atoms with Crippen molar-refractivity contribution in [2.24, 2.45) is 76.9 Å². The van der Waals surface area contributed by atoms with Crippen LogP contribution in [0.3, 0.4) is 0 Å². The molecule has 8 bridgehead atoms. The molecule has 5 aliphatic rings. The van der Waals surface area contributed by atoms with Crippen LogP contribution in [-0.4, -0.2) is 66.3 Å². The quantitative estimate of drug-likeness (QED) is 0.101. The van der Waals surface area contributed by atoms with Crippen molar-refractivity contribution >= 4 is 84.1 Å². The molecule has 93 heavy (non-hydrogen) atoms. The molecule has 2 amide bonds. The molecule has 0 saturated heterocycles. The van der Waals surface area contributed by atoms with E-state index in [4.69, 9.17) is 8.85 Å². The molecule has 494 valence electrons. The van der Waals surface area contributed by atoms with Crippen molar-refractivity contribution in [2.75, 3.05) is 35.4 Å². The molecule has 13 atom stereocenters. The van der Waals surface area contributed by atoms with Gasteiger partial charge in [-0.25, -0.2) is 0 Å². The highest BCUT2D eigenvalue weighted by Crippen LogP contribution is 2.56. The highest BCUT2D eigenvalue weighted by atomic mass is 32.2. The zero-order valence-corrected chi connectivity index (χ0v) is 62.3. The van der Waals surface area contributed by atoms with Gasteiger partial charge in [-0.15, -0.1) is 23.5 Å². The van der Waals surface area contributed by atoms with Crippen LogP contribution in [0.25, 0.3) is 0 Å². The number of thioether (sulfide) groups is 2. The third-order valence-corrected chi connectivity index (χ3v) is 35.7. The molecule has 6 nitrogen and oxygen atoms in total. The van der Waals surface area contributed by atoms with E-state index in [2.05, 4.69) is 284 Å². The minimum atomic E-state index is -3.02. The van der Waals surface area contributed by atoms with Gasteiger partial charge in [0.15, 0.2) is 0 Å². The highest BCUT2D eigenvalue weighted by molar-refractivity contribution is 7.99. The van der Waals surface area contributed by atoms with Gasteiger partial charge in [0.25, 0.3) is 16.6 Å². The maximum absolute atomic E-state index is 16.4. The molecule has 10 heteroatoms. The van der Waals surface area contributed by atoms with Gasteiger partial charge >= 0.3 is 0 Å². The van der Waals surface area contributed by atoms with Crippen LogP contribution in [0.15, 0.2) is 203 Å². The van der Waals surface area contributed by atoms with Crippen LogP contribution in [0.5, 0.6) is 0 Å². The summed E-state index contributed by atoms with van der Waals surface area (Å²) in [6.45, 7) is 31.1. The Bertz CT molecular complexity index is 3480. The summed E-state index contributed by atoms with van der Waals surface area (Å²) in [5.41, 5.74) is 4.83. The molecule has 6 aromatic rings. The fourth-order valence-corrected chi connectivity index (χ4v) is 30.8. The summed E-state index contributed by atoms with van der Waals surface area (Å²) in [4.78, 5) is 38.8. The molecule has 0 radical (unpaired) electrons. The SMILES string of the molecule is CC1=C[C@@H]2[C@H]3C[C@@H](O[Si](c4ccccc4)(c4ccccc4)C(C)(C)C)C[C@@H]2[C@@H](C1)[C@@H](C(C)C)CSc1ccccc1N(C)C(=O)[C@@H]1C[C@@H](O[Si](c2ccccc2)(c2ccccc2)C(C)(C)C)C[C@H]2[C@@H]1C=C(C)C[C@H]2[C@@H](C(C)C)CCSc1ccccc1N(C)C(=O)[C@@H]3C. The first-order valence-corrected chi connectivity index (χ1v) is 41.1. The van der Waals surface area contributed by atoms with Crippen molar-refractivity contribution in [3.05, 3.63) is 193 Å². The van der Waals surface area contributed by atoms with E-state index in [1.807, 2.05) is 35.5 Å². The number of para-hydroxylation sites is 2. The number of amides is 2. The minimum Gasteiger partial charge on any atom is -0.404 e. The first-order chi connectivity index (χ1) is 44.4. The largest absolute Gasteiger partial charge is 0.404 e. The smallest absolute Gasteiger partial charge is 0.261 e. The molecule has 4 aliphatic carbocycles. The van der Waals surface area contributed by atoms with Crippen LogP contribution in [0, 0.1) is 76.9 Å². The van der Waals surface area contributed by atoms with E-state index in [9.17, 15) is 0 Å². The number of carbonyl (C=O) groups is 2. The minimum absolute atomic E-state index is 0.0582. The number of anilines is 2. The van der Waals surface area contributed by atoms with Crippen molar-refractivity contribution < 1.29 is 18.4 Å². The van der Waals surface area contributed by atoms with E-state index in [-0.39, 0.29) is 69.6 Å². The number of fused-ring (bicyclic) bond motifs is 2. The fourth-order valence-electron chi connectivity index (χ4n) is 18.7. The summed E-state index contributed by atoms with van der Waals surface area (Å²) in [5, 5.41) is 4.72. The lowest BCUT2D eigenvalue weighted by molar-refractivity contribution is -0.128. The zero-order chi connectivity index (χ0) is 66.1. The molecular formula is C83H108N2O4S2Si2.